The Morgan fingerprint density at radius 3 is 1.16 bits per heavy atom. The predicted molar refractivity (Wildman–Crippen MR) is 74.6 cm³/mol. The van der Waals surface area contributed by atoms with Crippen molar-refractivity contribution in [3.8, 4) is 0 Å². The fourth-order valence-corrected chi connectivity index (χ4v) is 4.40. The molecule has 0 heterocycles. The van der Waals surface area contributed by atoms with Crippen molar-refractivity contribution in [3.63, 3.8) is 0 Å². The van der Waals surface area contributed by atoms with Gasteiger partial charge in [0, 0.05) is 0 Å². The van der Waals surface area contributed by atoms with Gasteiger partial charge in [-0.1, -0.05) is 0 Å². The predicted octanol–water partition coefficient (Wildman–Crippen LogP) is 3.02. The summed E-state index contributed by atoms with van der Waals surface area (Å²) in [6.07, 6.45) is -0.0579. The fourth-order valence-electron chi connectivity index (χ4n) is 1.37. The molecule has 0 aliphatic carbocycles. The summed E-state index contributed by atoms with van der Waals surface area (Å²) in [5.41, 5.74) is 0. The third-order valence-corrected chi connectivity index (χ3v) is 5.74. The lowest BCUT2D eigenvalue weighted by Gasteiger charge is -2.20. The summed E-state index contributed by atoms with van der Waals surface area (Å²) in [6, 6.07) is 0. The monoisotopic (exact) mass is 317 g/mol. The van der Waals surface area contributed by atoms with Gasteiger partial charge in [0.25, 0.3) is 0 Å². The van der Waals surface area contributed by atoms with Crippen LogP contribution < -0.4 is 5.32 Å². The Morgan fingerprint density at radius 1 is 0.684 bits per heavy atom. The van der Waals surface area contributed by atoms with Gasteiger partial charge in [-0.2, -0.15) is 0 Å². The molecule has 0 unspecified atom stereocenters. The molecule has 0 amide bonds. The van der Waals surface area contributed by atoms with Crippen LogP contribution in [0, 0.1) is 0 Å². The van der Waals surface area contributed by atoms with Crippen LogP contribution in [0.25, 0.3) is 0 Å². The molecule has 1 N–H and O–H groups in total. The first-order valence-electron chi connectivity index (χ1n) is 6.42. The molecule has 0 aliphatic heterocycles. The van der Waals surface area contributed by atoms with E-state index in [2.05, 4.69) is 5.32 Å². The molecule has 7 nitrogen and oxygen atoms in total. The average molecular weight is 317 g/mol. The summed E-state index contributed by atoms with van der Waals surface area (Å²) in [5.74, 6) is 0. The van der Waals surface area contributed by atoms with Gasteiger partial charge in [0.15, 0.2) is 0 Å². The zero-order chi connectivity index (χ0) is 14.8. The molecule has 19 heavy (non-hydrogen) atoms. The first kappa shape index (κ1) is 19.3. The van der Waals surface area contributed by atoms with Crippen LogP contribution in [0.5, 0.6) is 0 Å². The van der Waals surface area contributed by atoms with Crippen molar-refractivity contribution in [2.45, 2.75) is 27.7 Å². The molecule has 0 saturated heterocycles. The van der Waals surface area contributed by atoms with E-state index in [-0.39, 0.29) is 39.0 Å². The van der Waals surface area contributed by atoms with Gasteiger partial charge in [0.05, 0.1) is 39.0 Å². The Balaban J connectivity index is 4.36. The summed E-state index contributed by atoms with van der Waals surface area (Å²) < 4.78 is 44.7. The first-order chi connectivity index (χ1) is 8.95. The van der Waals surface area contributed by atoms with Crippen LogP contribution in [0.1, 0.15) is 27.7 Å². The van der Waals surface area contributed by atoms with Crippen LogP contribution in [0.4, 0.5) is 0 Å². The average Bonchev–Trinajstić information content (AvgIpc) is 2.29. The minimum atomic E-state index is -3.19. The number of rotatable bonds is 12. The molecular formula is C10H25NO6P2. The molecule has 116 valence electrons. The van der Waals surface area contributed by atoms with E-state index in [4.69, 9.17) is 18.1 Å². The van der Waals surface area contributed by atoms with E-state index in [1.54, 1.807) is 27.7 Å². The Bertz CT molecular complexity index is 275. The van der Waals surface area contributed by atoms with Crippen molar-refractivity contribution in [1.82, 2.24) is 5.32 Å². The van der Waals surface area contributed by atoms with E-state index in [9.17, 15) is 9.13 Å². The largest absolute Gasteiger partial charge is 0.344 e. The molecule has 0 radical (unpaired) electrons. The molecular weight excluding hydrogens is 292 g/mol. The van der Waals surface area contributed by atoms with Crippen molar-refractivity contribution < 1.29 is 27.2 Å². The van der Waals surface area contributed by atoms with Crippen LogP contribution in [0.15, 0.2) is 0 Å². The van der Waals surface area contributed by atoms with Crippen molar-refractivity contribution >= 4 is 15.2 Å². The molecule has 0 aromatic carbocycles. The smallest absolute Gasteiger partial charge is 0.308 e. The van der Waals surface area contributed by atoms with E-state index in [1.807, 2.05) is 0 Å². The van der Waals surface area contributed by atoms with E-state index in [0.717, 1.165) is 0 Å². The van der Waals surface area contributed by atoms with Crippen molar-refractivity contribution in [1.29, 1.82) is 0 Å². The molecule has 9 heteroatoms. The minimum Gasteiger partial charge on any atom is -0.308 e. The lowest BCUT2D eigenvalue weighted by atomic mass is 10.9. The SMILES string of the molecule is CCOP(=O)(CNCP(=O)(OCC)OCC)OCC. The molecule has 0 saturated carbocycles. The maximum atomic E-state index is 12.1. The molecule has 0 spiro atoms. The highest BCUT2D eigenvalue weighted by molar-refractivity contribution is 7.54. The highest BCUT2D eigenvalue weighted by Gasteiger charge is 2.27. The fraction of sp³-hybridized carbons (Fsp3) is 1.00. The topological polar surface area (TPSA) is 83.1 Å². The number of hydrogen-bond acceptors (Lipinski definition) is 7. The van der Waals surface area contributed by atoms with Gasteiger partial charge in [-0.3, -0.25) is 14.4 Å². The highest BCUT2D eigenvalue weighted by atomic mass is 31.2. The van der Waals surface area contributed by atoms with Gasteiger partial charge in [0.2, 0.25) is 0 Å². The van der Waals surface area contributed by atoms with Crippen LogP contribution in [0.2, 0.25) is 0 Å². The van der Waals surface area contributed by atoms with E-state index < -0.39 is 15.2 Å². The second-order valence-corrected chi connectivity index (χ2v) is 7.57. The Morgan fingerprint density at radius 2 is 0.947 bits per heavy atom. The summed E-state index contributed by atoms with van der Waals surface area (Å²) in [4.78, 5) is 0. The third kappa shape index (κ3) is 8.20. The highest BCUT2D eigenvalue weighted by Crippen LogP contribution is 2.49. The van der Waals surface area contributed by atoms with Crippen molar-refractivity contribution in [2.24, 2.45) is 0 Å². The summed E-state index contributed by atoms with van der Waals surface area (Å²) in [6.45, 7) is 8.07. The lowest BCUT2D eigenvalue weighted by Crippen LogP contribution is -2.21. The van der Waals surface area contributed by atoms with E-state index in [0.29, 0.717) is 0 Å². The van der Waals surface area contributed by atoms with Gasteiger partial charge >= 0.3 is 15.2 Å². The van der Waals surface area contributed by atoms with Gasteiger partial charge in [-0.25, -0.2) is 0 Å². The summed E-state index contributed by atoms with van der Waals surface area (Å²) in [7, 11) is -6.37. The van der Waals surface area contributed by atoms with Crippen molar-refractivity contribution in [3.05, 3.63) is 0 Å². The van der Waals surface area contributed by atoms with Crippen molar-refractivity contribution in [2.75, 3.05) is 39.0 Å². The Kier molecular flexibility index (Phi) is 10.2. The van der Waals surface area contributed by atoms with Gasteiger partial charge in [0.1, 0.15) is 0 Å². The molecule has 0 aromatic heterocycles. The number of nitrogens with one attached hydrogen (secondary N) is 1. The Hall–Kier alpha value is 0.260. The standard InChI is InChI=1S/C10H25NO6P2/c1-5-14-18(12,15-6-2)9-11-10-19(13,16-7-3)17-8-4/h11H,5-10H2,1-4H3. The summed E-state index contributed by atoms with van der Waals surface area (Å²) >= 11 is 0. The maximum absolute atomic E-state index is 12.1. The molecule has 0 bridgehead atoms. The van der Waals surface area contributed by atoms with E-state index >= 15 is 0 Å². The lowest BCUT2D eigenvalue weighted by molar-refractivity contribution is 0.213. The van der Waals surface area contributed by atoms with Crippen LogP contribution >= 0.6 is 15.2 Å². The number of hydrogen-bond donors (Lipinski definition) is 1. The molecule has 0 aromatic rings. The van der Waals surface area contributed by atoms with Crippen LogP contribution in [-0.4, -0.2) is 39.0 Å². The van der Waals surface area contributed by atoms with Crippen LogP contribution in [-0.2, 0) is 27.2 Å². The van der Waals surface area contributed by atoms with Gasteiger partial charge < -0.3 is 18.1 Å². The van der Waals surface area contributed by atoms with Gasteiger partial charge in [-0.05, 0) is 27.7 Å². The zero-order valence-corrected chi connectivity index (χ0v) is 13.9. The van der Waals surface area contributed by atoms with E-state index in [1.165, 1.54) is 0 Å². The molecule has 0 fully saturated rings. The maximum Gasteiger partial charge on any atom is 0.344 e. The quantitative estimate of drug-likeness (QED) is 0.554. The first-order valence-corrected chi connectivity index (χ1v) is 9.87. The summed E-state index contributed by atoms with van der Waals surface area (Å²) in [5, 5.41) is 2.78. The normalized spacial score (nSPS) is 12.8. The second-order valence-electron chi connectivity index (χ2n) is 3.46. The Labute approximate surface area is 115 Å². The molecule has 0 rings (SSSR count). The molecule has 0 aliphatic rings. The second kappa shape index (κ2) is 10.1. The van der Waals surface area contributed by atoms with Gasteiger partial charge in [-0.15, -0.1) is 0 Å². The third-order valence-electron chi connectivity index (χ3n) is 1.91. The minimum absolute atomic E-state index is 0.0289. The van der Waals surface area contributed by atoms with Crippen LogP contribution in [0.3, 0.4) is 0 Å². The zero-order valence-electron chi connectivity index (χ0n) is 12.1. The molecule has 0 atom stereocenters.